The number of benzene rings is 3. The Bertz CT molecular complexity index is 803. The average Bonchev–Trinajstić information content (AvgIpc) is 2.54. The van der Waals surface area contributed by atoms with Crippen LogP contribution in [-0.4, -0.2) is 0 Å². The van der Waals surface area contributed by atoms with Gasteiger partial charge in [-0.05, 0) is 83.7 Å². The first kappa shape index (κ1) is 17.5. The van der Waals surface area contributed by atoms with Crippen LogP contribution in [0.5, 0.6) is 0 Å². The third kappa shape index (κ3) is 3.14. The van der Waals surface area contributed by atoms with Gasteiger partial charge in [0.2, 0.25) is 0 Å². The fourth-order valence-electron chi connectivity index (χ4n) is 4.10. The molecule has 0 unspecified atom stereocenters. The van der Waals surface area contributed by atoms with Crippen LogP contribution in [0.15, 0.2) is 54.6 Å². The molecule has 0 fully saturated rings. The van der Waals surface area contributed by atoms with Crippen LogP contribution in [0.4, 0.5) is 0 Å². The highest BCUT2D eigenvalue weighted by atomic mass is 14.2. The zero-order valence-corrected chi connectivity index (χ0v) is 16.3. The molecule has 0 aromatic heterocycles. The van der Waals surface area contributed by atoms with Gasteiger partial charge < -0.3 is 0 Å². The number of hydrogen-bond donors (Lipinski definition) is 0. The highest BCUT2D eigenvalue weighted by molar-refractivity contribution is 5.84. The predicted octanol–water partition coefficient (Wildman–Crippen LogP) is 7.38. The third-order valence-corrected chi connectivity index (χ3v) is 5.18. The van der Waals surface area contributed by atoms with Gasteiger partial charge in [-0.2, -0.15) is 0 Å². The summed E-state index contributed by atoms with van der Waals surface area (Å²) in [6, 6.07) is 20.0. The molecule has 3 rings (SSSR count). The van der Waals surface area contributed by atoms with Gasteiger partial charge in [0, 0.05) is 0 Å². The van der Waals surface area contributed by atoms with Crippen LogP contribution < -0.4 is 0 Å². The minimum absolute atomic E-state index is 0.462. The number of hydrogen-bond acceptors (Lipinski definition) is 0. The fraction of sp³-hybridized carbons (Fsp3) is 0.280. The summed E-state index contributed by atoms with van der Waals surface area (Å²) in [4.78, 5) is 0. The van der Waals surface area contributed by atoms with Gasteiger partial charge >= 0.3 is 0 Å². The first-order valence-electron chi connectivity index (χ1n) is 9.18. The maximum Gasteiger partial charge on any atom is -0.0122 e. The summed E-state index contributed by atoms with van der Waals surface area (Å²) < 4.78 is 0. The average molecular weight is 328 g/mol. The van der Waals surface area contributed by atoms with Crippen molar-refractivity contribution in [3.63, 3.8) is 0 Å². The number of rotatable bonds is 3. The van der Waals surface area contributed by atoms with Crippen molar-refractivity contribution in [3.8, 4) is 22.3 Å². The summed E-state index contributed by atoms with van der Waals surface area (Å²) in [5.74, 6) is 0.462. The second kappa shape index (κ2) is 6.88. The maximum absolute atomic E-state index is 2.31. The van der Waals surface area contributed by atoms with Crippen molar-refractivity contribution in [1.29, 1.82) is 0 Å². The zero-order chi connectivity index (χ0) is 18.1. The Labute approximate surface area is 152 Å². The monoisotopic (exact) mass is 328 g/mol. The normalized spacial score (nSPS) is 11.2. The molecule has 0 heterocycles. The van der Waals surface area contributed by atoms with Crippen LogP contribution in [0, 0.1) is 27.7 Å². The molecule has 0 atom stereocenters. The summed E-state index contributed by atoms with van der Waals surface area (Å²) in [5.41, 5.74) is 12.4. The van der Waals surface area contributed by atoms with E-state index in [1.54, 1.807) is 0 Å². The molecule has 0 bridgehead atoms. The molecule has 0 saturated heterocycles. The molecule has 0 N–H and O–H groups in total. The van der Waals surface area contributed by atoms with Crippen LogP contribution in [0.1, 0.15) is 47.6 Å². The van der Waals surface area contributed by atoms with E-state index in [4.69, 9.17) is 0 Å². The molecule has 3 aromatic rings. The van der Waals surface area contributed by atoms with E-state index in [2.05, 4.69) is 96.1 Å². The summed E-state index contributed by atoms with van der Waals surface area (Å²) in [5, 5.41) is 0. The molecule has 0 spiro atoms. The third-order valence-electron chi connectivity index (χ3n) is 5.18. The summed E-state index contributed by atoms with van der Waals surface area (Å²) >= 11 is 0. The van der Waals surface area contributed by atoms with Gasteiger partial charge in [-0.1, -0.05) is 68.4 Å². The summed E-state index contributed by atoms with van der Waals surface area (Å²) in [6.45, 7) is 13.5. The quantitative estimate of drug-likeness (QED) is 0.470. The van der Waals surface area contributed by atoms with E-state index in [0.29, 0.717) is 5.92 Å². The summed E-state index contributed by atoms with van der Waals surface area (Å²) in [6.07, 6.45) is 0. The van der Waals surface area contributed by atoms with E-state index in [1.807, 2.05) is 0 Å². The Morgan fingerprint density at radius 1 is 0.520 bits per heavy atom. The van der Waals surface area contributed by atoms with Gasteiger partial charge in [0.05, 0.1) is 0 Å². The molecule has 0 saturated carbocycles. The standard InChI is InChI=1S/C25H28/c1-16(2)23-21(24-17(3)10-7-11-18(24)4)14-9-15-22(23)25-19(5)12-8-13-20(25)6/h7-16H,1-6H3. The SMILES string of the molecule is Cc1cccc(C)c1-c1cccc(-c2c(C)cccc2C)c1C(C)C. The van der Waals surface area contributed by atoms with Gasteiger partial charge in [-0.25, -0.2) is 0 Å². The lowest BCUT2D eigenvalue weighted by Gasteiger charge is -2.22. The van der Waals surface area contributed by atoms with Crippen molar-refractivity contribution in [2.75, 3.05) is 0 Å². The van der Waals surface area contributed by atoms with E-state index in [9.17, 15) is 0 Å². The molecule has 0 aliphatic carbocycles. The van der Waals surface area contributed by atoms with E-state index < -0.39 is 0 Å². The van der Waals surface area contributed by atoms with Gasteiger partial charge in [-0.3, -0.25) is 0 Å². The molecular formula is C25H28. The molecule has 128 valence electrons. The van der Waals surface area contributed by atoms with Crippen molar-refractivity contribution in [1.82, 2.24) is 0 Å². The van der Waals surface area contributed by atoms with Crippen LogP contribution in [0.2, 0.25) is 0 Å². The fourth-order valence-corrected chi connectivity index (χ4v) is 4.10. The topological polar surface area (TPSA) is 0 Å². The van der Waals surface area contributed by atoms with Gasteiger partial charge in [0.25, 0.3) is 0 Å². The highest BCUT2D eigenvalue weighted by Crippen LogP contribution is 2.41. The maximum atomic E-state index is 2.31. The van der Waals surface area contributed by atoms with Gasteiger partial charge in [0.1, 0.15) is 0 Å². The molecule has 0 heteroatoms. The smallest absolute Gasteiger partial charge is 0.0122 e. The molecular weight excluding hydrogens is 300 g/mol. The van der Waals surface area contributed by atoms with Crippen molar-refractivity contribution < 1.29 is 0 Å². The first-order valence-corrected chi connectivity index (χ1v) is 9.18. The lowest BCUT2D eigenvalue weighted by Crippen LogP contribution is -2.01. The molecule has 25 heavy (non-hydrogen) atoms. The zero-order valence-electron chi connectivity index (χ0n) is 16.3. The molecule has 0 amide bonds. The van der Waals surface area contributed by atoms with E-state index in [1.165, 1.54) is 50.1 Å². The second-order valence-corrected chi connectivity index (χ2v) is 7.46. The second-order valence-electron chi connectivity index (χ2n) is 7.46. The Balaban J connectivity index is 2.38. The molecule has 0 aliphatic heterocycles. The van der Waals surface area contributed by atoms with Crippen molar-refractivity contribution in [2.24, 2.45) is 0 Å². The largest absolute Gasteiger partial charge is 0.0617 e. The van der Waals surface area contributed by atoms with Crippen LogP contribution in [0.3, 0.4) is 0 Å². The molecule has 0 aliphatic rings. The minimum atomic E-state index is 0.462. The van der Waals surface area contributed by atoms with Gasteiger partial charge in [0.15, 0.2) is 0 Å². The lowest BCUT2D eigenvalue weighted by molar-refractivity contribution is 0.870. The Morgan fingerprint density at radius 3 is 1.16 bits per heavy atom. The van der Waals surface area contributed by atoms with E-state index in [-0.39, 0.29) is 0 Å². The van der Waals surface area contributed by atoms with Crippen molar-refractivity contribution in [3.05, 3.63) is 82.4 Å². The molecule has 0 radical (unpaired) electrons. The minimum Gasteiger partial charge on any atom is -0.0617 e. The van der Waals surface area contributed by atoms with E-state index >= 15 is 0 Å². The summed E-state index contributed by atoms with van der Waals surface area (Å²) in [7, 11) is 0. The van der Waals surface area contributed by atoms with Gasteiger partial charge in [-0.15, -0.1) is 0 Å². The van der Waals surface area contributed by atoms with Crippen LogP contribution >= 0.6 is 0 Å². The predicted molar refractivity (Wildman–Crippen MR) is 110 cm³/mol. The van der Waals surface area contributed by atoms with Crippen LogP contribution in [0.25, 0.3) is 22.3 Å². The Morgan fingerprint density at radius 2 is 0.840 bits per heavy atom. The number of aryl methyl sites for hydroxylation is 4. The van der Waals surface area contributed by atoms with Crippen molar-refractivity contribution >= 4 is 0 Å². The molecule has 0 nitrogen and oxygen atoms in total. The van der Waals surface area contributed by atoms with Crippen molar-refractivity contribution in [2.45, 2.75) is 47.5 Å². The Kier molecular flexibility index (Phi) is 4.81. The highest BCUT2D eigenvalue weighted by Gasteiger charge is 2.18. The molecule has 3 aromatic carbocycles. The lowest BCUT2D eigenvalue weighted by atomic mass is 9.81. The first-order chi connectivity index (χ1) is 11.9. The Hall–Kier alpha value is -2.34. The van der Waals surface area contributed by atoms with E-state index in [0.717, 1.165) is 0 Å². The van der Waals surface area contributed by atoms with Crippen LogP contribution in [-0.2, 0) is 0 Å².